The van der Waals surface area contributed by atoms with Gasteiger partial charge in [-0.15, -0.1) is 0 Å². The Hall–Kier alpha value is -2.81. The van der Waals surface area contributed by atoms with Crippen LogP contribution in [0.15, 0.2) is 36.7 Å². The summed E-state index contributed by atoms with van der Waals surface area (Å²) in [6.45, 7) is -1.05. The lowest BCUT2D eigenvalue weighted by Crippen LogP contribution is -2.61. The summed E-state index contributed by atoms with van der Waals surface area (Å²) in [6.07, 6.45) is 2.76. The minimum absolute atomic E-state index is 0.309. The maximum Gasteiger partial charge on any atom is 0.410 e. The third-order valence-corrected chi connectivity index (χ3v) is 4.58. The number of aromatic nitrogens is 1. The Kier molecular flexibility index (Phi) is 4.39. The van der Waals surface area contributed by atoms with Crippen molar-refractivity contribution < 1.29 is 27.4 Å². The third-order valence-electron chi connectivity index (χ3n) is 4.58. The Bertz CT molecular complexity index is 874. The zero-order chi connectivity index (χ0) is 19.0. The van der Waals surface area contributed by atoms with Crippen LogP contribution in [0.5, 0.6) is 5.75 Å². The minimum atomic E-state index is -3.12. The van der Waals surface area contributed by atoms with Crippen LogP contribution in [0.1, 0.15) is 5.56 Å². The highest BCUT2D eigenvalue weighted by atomic mass is 19.3. The molecule has 1 aromatic heterocycles. The smallest absolute Gasteiger partial charge is 0.410 e. The van der Waals surface area contributed by atoms with Gasteiger partial charge >= 0.3 is 12.7 Å². The molecule has 0 radical (unpaired) electrons. The molecule has 2 saturated heterocycles. The van der Waals surface area contributed by atoms with Gasteiger partial charge in [0.05, 0.1) is 13.1 Å². The first-order valence-electron chi connectivity index (χ1n) is 8.31. The molecule has 2 fully saturated rings. The van der Waals surface area contributed by atoms with Crippen LogP contribution in [-0.2, 0) is 11.3 Å². The van der Waals surface area contributed by atoms with E-state index in [0.717, 1.165) is 11.6 Å². The van der Waals surface area contributed by atoms with Gasteiger partial charge in [-0.05, 0) is 29.3 Å². The van der Waals surface area contributed by atoms with E-state index >= 15 is 0 Å². The maximum atomic E-state index is 13.6. The first-order chi connectivity index (χ1) is 12.9. The molecule has 0 atom stereocenters. The fourth-order valence-corrected chi connectivity index (χ4v) is 3.22. The van der Waals surface area contributed by atoms with Gasteiger partial charge in [-0.3, -0.25) is 9.88 Å². The van der Waals surface area contributed by atoms with Gasteiger partial charge in [-0.25, -0.2) is 9.18 Å². The monoisotopic (exact) mass is 379 g/mol. The zero-order valence-electron chi connectivity index (χ0n) is 14.1. The highest BCUT2D eigenvalue weighted by Gasteiger charge is 2.49. The standard InChI is InChI=1S/C18H16F3N3O3/c19-14-2-1-12(4-15(14)26-16(20)21)13-3-11(5-22-6-13)7-24-10-18(8-23-9-18)27-17(24)25/h1-6,16,23H,7-10H2. The predicted molar refractivity (Wildman–Crippen MR) is 88.8 cm³/mol. The molecule has 1 N–H and O–H groups in total. The maximum absolute atomic E-state index is 13.6. The van der Waals surface area contributed by atoms with Gasteiger partial charge in [-0.1, -0.05) is 6.07 Å². The van der Waals surface area contributed by atoms with Crippen LogP contribution in [0, 0.1) is 5.82 Å². The highest BCUT2D eigenvalue weighted by molar-refractivity contribution is 5.71. The fraction of sp³-hybridized carbons (Fsp3) is 0.333. The van der Waals surface area contributed by atoms with E-state index in [2.05, 4.69) is 15.0 Å². The Morgan fingerprint density at radius 1 is 1.26 bits per heavy atom. The van der Waals surface area contributed by atoms with Crippen LogP contribution in [-0.4, -0.2) is 47.8 Å². The highest BCUT2D eigenvalue weighted by Crippen LogP contribution is 2.30. The summed E-state index contributed by atoms with van der Waals surface area (Å²) < 4.78 is 48.0. The number of hydrogen-bond acceptors (Lipinski definition) is 5. The number of hydrogen-bond donors (Lipinski definition) is 1. The van der Waals surface area contributed by atoms with E-state index < -0.39 is 23.8 Å². The number of carbonyl (C=O) groups is 1. The lowest BCUT2D eigenvalue weighted by atomic mass is 9.97. The number of amides is 1. The molecule has 142 valence electrons. The van der Waals surface area contributed by atoms with Crippen molar-refractivity contribution in [2.75, 3.05) is 19.6 Å². The third kappa shape index (κ3) is 3.55. The van der Waals surface area contributed by atoms with Gasteiger partial charge in [0, 0.05) is 31.0 Å². The van der Waals surface area contributed by atoms with Crippen LogP contribution in [0.2, 0.25) is 0 Å². The first kappa shape index (κ1) is 17.6. The Morgan fingerprint density at radius 3 is 2.74 bits per heavy atom. The minimum Gasteiger partial charge on any atom is -0.438 e. The molecule has 6 nitrogen and oxygen atoms in total. The van der Waals surface area contributed by atoms with Crippen LogP contribution in [0.3, 0.4) is 0 Å². The van der Waals surface area contributed by atoms with Crippen molar-refractivity contribution in [2.24, 2.45) is 0 Å². The predicted octanol–water partition coefficient (Wildman–Crippen LogP) is 2.78. The van der Waals surface area contributed by atoms with E-state index in [0.29, 0.717) is 37.3 Å². The average Bonchev–Trinajstić information content (AvgIpc) is 2.94. The number of nitrogens with zero attached hydrogens (tertiary/aromatic N) is 2. The molecule has 27 heavy (non-hydrogen) atoms. The quantitative estimate of drug-likeness (QED) is 0.866. The van der Waals surface area contributed by atoms with Crippen molar-refractivity contribution in [1.29, 1.82) is 0 Å². The van der Waals surface area contributed by atoms with E-state index in [1.165, 1.54) is 18.3 Å². The summed E-state index contributed by atoms with van der Waals surface area (Å²) in [7, 11) is 0. The molecule has 2 aliphatic heterocycles. The lowest BCUT2D eigenvalue weighted by molar-refractivity contribution is -0.0521. The van der Waals surface area contributed by atoms with Crippen LogP contribution < -0.4 is 10.1 Å². The van der Waals surface area contributed by atoms with Crippen LogP contribution >= 0.6 is 0 Å². The average molecular weight is 379 g/mol. The summed E-state index contributed by atoms with van der Waals surface area (Å²) in [5.74, 6) is -1.40. The molecule has 0 unspecified atom stereocenters. The summed E-state index contributed by atoms with van der Waals surface area (Å²) in [6, 6.07) is 5.48. The molecule has 9 heteroatoms. The Labute approximate surface area is 152 Å². The first-order valence-corrected chi connectivity index (χ1v) is 8.31. The Morgan fingerprint density at radius 2 is 2.07 bits per heavy atom. The molecule has 4 rings (SSSR count). The normalized spacial score (nSPS) is 17.9. The number of rotatable bonds is 5. The molecular weight excluding hydrogens is 363 g/mol. The number of alkyl halides is 2. The molecule has 1 spiro atoms. The van der Waals surface area contributed by atoms with Crippen molar-refractivity contribution in [3.8, 4) is 16.9 Å². The van der Waals surface area contributed by atoms with E-state index in [-0.39, 0.29) is 6.09 Å². The lowest BCUT2D eigenvalue weighted by Gasteiger charge is -2.36. The topological polar surface area (TPSA) is 63.7 Å². The van der Waals surface area contributed by atoms with Gasteiger partial charge < -0.3 is 14.8 Å². The number of halogens is 3. The Balaban J connectivity index is 1.53. The zero-order valence-corrected chi connectivity index (χ0v) is 14.1. The van der Waals surface area contributed by atoms with Gasteiger partial charge in [0.25, 0.3) is 0 Å². The molecule has 1 amide bonds. The number of nitrogens with one attached hydrogen (secondary N) is 1. The van der Waals surface area contributed by atoms with Crippen LogP contribution in [0.25, 0.3) is 11.1 Å². The second kappa shape index (κ2) is 6.73. The largest absolute Gasteiger partial charge is 0.438 e. The molecule has 1 aromatic carbocycles. The van der Waals surface area contributed by atoms with E-state index in [4.69, 9.17) is 4.74 Å². The molecule has 0 aliphatic carbocycles. The van der Waals surface area contributed by atoms with E-state index in [9.17, 15) is 18.0 Å². The molecule has 0 bridgehead atoms. The number of benzene rings is 1. The van der Waals surface area contributed by atoms with Crippen molar-refractivity contribution in [2.45, 2.75) is 18.8 Å². The summed E-state index contributed by atoms with van der Waals surface area (Å²) in [4.78, 5) is 17.8. The van der Waals surface area contributed by atoms with E-state index in [1.54, 1.807) is 17.2 Å². The van der Waals surface area contributed by atoms with Gasteiger partial charge in [0.2, 0.25) is 0 Å². The molecular formula is C18H16F3N3O3. The fourth-order valence-electron chi connectivity index (χ4n) is 3.22. The SMILES string of the molecule is O=C1OC2(CNC2)CN1Cc1cncc(-c2ccc(F)c(OC(F)F)c2)c1. The molecule has 3 heterocycles. The second-order valence-corrected chi connectivity index (χ2v) is 6.62. The number of pyridine rings is 1. The molecule has 2 aliphatic rings. The number of ether oxygens (including phenoxy) is 2. The molecule has 2 aromatic rings. The van der Waals surface area contributed by atoms with Crippen molar-refractivity contribution >= 4 is 6.09 Å². The van der Waals surface area contributed by atoms with Gasteiger partial charge in [0.15, 0.2) is 17.2 Å². The van der Waals surface area contributed by atoms with Gasteiger partial charge in [-0.2, -0.15) is 8.78 Å². The van der Waals surface area contributed by atoms with Gasteiger partial charge in [0.1, 0.15) is 0 Å². The summed E-state index contributed by atoms with van der Waals surface area (Å²) in [5, 5.41) is 3.09. The van der Waals surface area contributed by atoms with Crippen molar-refractivity contribution in [3.63, 3.8) is 0 Å². The summed E-state index contributed by atoms with van der Waals surface area (Å²) in [5.41, 5.74) is 1.37. The van der Waals surface area contributed by atoms with E-state index in [1.807, 2.05) is 0 Å². The van der Waals surface area contributed by atoms with Crippen LogP contribution in [0.4, 0.5) is 18.0 Å². The summed E-state index contributed by atoms with van der Waals surface area (Å²) >= 11 is 0. The van der Waals surface area contributed by atoms with Crippen molar-refractivity contribution in [1.82, 2.24) is 15.2 Å². The number of carbonyl (C=O) groups excluding carboxylic acids is 1. The second-order valence-electron chi connectivity index (χ2n) is 6.62. The molecule has 0 saturated carbocycles. The van der Waals surface area contributed by atoms with Crippen molar-refractivity contribution in [3.05, 3.63) is 48.0 Å².